The second-order valence-electron chi connectivity index (χ2n) is 5.35. The zero-order valence-corrected chi connectivity index (χ0v) is 13.2. The molecule has 1 aliphatic rings. The van der Waals surface area contributed by atoms with E-state index in [1.807, 2.05) is 18.2 Å². The molecule has 1 aromatic rings. The number of rotatable bonds is 3. The van der Waals surface area contributed by atoms with Gasteiger partial charge in [0.15, 0.2) is 9.84 Å². The first-order valence-electron chi connectivity index (χ1n) is 7.03. The maximum atomic E-state index is 12.6. The third-order valence-corrected chi connectivity index (χ3v) is 6.11. The van der Waals surface area contributed by atoms with Gasteiger partial charge in [0.25, 0.3) is 5.91 Å². The van der Waals surface area contributed by atoms with Crippen molar-refractivity contribution in [3.05, 3.63) is 35.4 Å². The van der Waals surface area contributed by atoms with E-state index in [0.717, 1.165) is 5.56 Å². The van der Waals surface area contributed by atoms with E-state index in [2.05, 4.69) is 0 Å². The van der Waals surface area contributed by atoms with Crippen LogP contribution in [0.1, 0.15) is 29.3 Å². The number of methoxy groups -OCH3 is 1. The Hall–Kier alpha value is -1.40. The van der Waals surface area contributed by atoms with Gasteiger partial charge < -0.3 is 9.64 Å². The molecule has 116 valence electrons. The van der Waals surface area contributed by atoms with Gasteiger partial charge in [-0.25, -0.2) is 8.42 Å². The Bertz CT molecular complexity index is 612. The van der Waals surface area contributed by atoms with E-state index in [1.54, 1.807) is 25.0 Å². The quantitative estimate of drug-likeness (QED) is 0.848. The maximum absolute atomic E-state index is 12.6. The molecule has 0 bridgehead atoms. The van der Waals surface area contributed by atoms with Crippen LogP contribution in [-0.4, -0.2) is 50.4 Å². The highest BCUT2D eigenvalue weighted by molar-refractivity contribution is 7.92. The minimum atomic E-state index is -3.09. The largest absolute Gasteiger partial charge is 0.380 e. The summed E-state index contributed by atoms with van der Waals surface area (Å²) in [5.74, 6) is -0.0845. The summed E-state index contributed by atoms with van der Waals surface area (Å²) in [6.45, 7) is 2.81. The molecule has 1 aromatic carbocycles. The number of benzene rings is 1. The average Bonchev–Trinajstić information content (AvgIpc) is 2.59. The topological polar surface area (TPSA) is 63.7 Å². The maximum Gasteiger partial charge on any atom is 0.254 e. The third-order valence-electron chi connectivity index (χ3n) is 3.90. The highest BCUT2D eigenvalue weighted by Crippen LogP contribution is 2.18. The van der Waals surface area contributed by atoms with Crippen LogP contribution >= 0.6 is 0 Å². The fraction of sp³-hybridized carbons (Fsp3) is 0.533. The third kappa shape index (κ3) is 3.63. The average molecular weight is 311 g/mol. The molecule has 0 radical (unpaired) electrons. The highest BCUT2D eigenvalue weighted by Gasteiger charge is 2.29. The smallest absolute Gasteiger partial charge is 0.254 e. The Morgan fingerprint density at radius 1 is 1.33 bits per heavy atom. The van der Waals surface area contributed by atoms with Crippen LogP contribution in [0.5, 0.6) is 0 Å². The number of hydrogen-bond donors (Lipinski definition) is 0. The first-order chi connectivity index (χ1) is 9.95. The fourth-order valence-corrected chi connectivity index (χ4v) is 3.79. The Labute approximate surface area is 125 Å². The summed E-state index contributed by atoms with van der Waals surface area (Å²) in [4.78, 5) is 14.3. The molecule has 0 unspecified atom stereocenters. The molecule has 1 fully saturated rings. The summed E-state index contributed by atoms with van der Waals surface area (Å²) in [5, 5.41) is -0.385. The van der Waals surface area contributed by atoms with Crippen molar-refractivity contribution in [2.75, 3.05) is 26.0 Å². The van der Waals surface area contributed by atoms with Crippen LogP contribution in [0.3, 0.4) is 0 Å². The van der Waals surface area contributed by atoms with Gasteiger partial charge in [-0.3, -0.25) is 4.79 Å². The number of amides is 1. The molecule has 1 atom stereocenters. The Morgan fingerprint density at radius 2 is 2.05 bits per heavy atom. The van der Waals surface area contributed by atoms with Crippen LogP contribution < -0.4 is 0 Å². The van der Waals surface area contributed by atoms with Gasteiger partial charge >= 0.3 is 0 Å². The number of carbonyl (C=O) groups excluding carboxylic acids is 1. The number of carbonyl (C=O) groups is 1. The fourth-order valence-electron chi connectivity index (χ4n) is 2.45. The minimum absolute atomic E-state index is 0.0341. The van der Waals surface area contributed by atoms with Crippen LogP contribution in [0.15, 0.2) is 24.3 Å². The molecule has 0 N–H and O–H groups in total. The highest BCUT2D eigenvalue weighted by atomic mass is 32.2. The molecule has 1 aliphatic heterocycles. The molecule has 1 saturated heterocycles. The van der Waals surface area contributed by atoms with Gasteiger partial charge in [0, 0.05) is 25.8 Å². The number of ether oxygens (including phenoxy) is 1. The van der Waals surface area contributed by atoms with Gasteiger partial charge in [0.2, 0.25) is 0 Å². The molecule has 5 nitrogen and oxygen atoms in total. The van der Waals surface area contributed by atoms with Crippen molar-refractivity contribution >= 4 is 15.7 Å². The summed E-state index contributed by atoms with van der Waals surface area (Å²) in [5.41, 5.74) is 1.41. The van der Waals surface area contributed by atoms with E-state index >= 15 is 0 Å². The Balaban J connectivity index is 2.21. The van der Waals surface area contributed by atoms with Gasteiger partial charge in [-0.15, -0.1) is 0 Å². The van der Waals surface area contributed by atoms with Crippen molar-refractivity contribution in [3.63, 3.8) is 0 Å². The van der Waals surface area contributed by atoms with Crippen molar-refractivity contribution in [1.29, 1.82) is 0 Å². The number of sulfone groups is 1. The summed E-state index contributed by atoms with van der Waals surface area (Å²) >= 11 is 0. The van der Waals surface area contributed by atoms with Gasteiger partial charge in [-0.2, -0.15) is 0 Å². The van der Waals surface area contributed by atoms with E-state index in [-0.39, 0.29) is 23.5 Å². The summed E-state index contributed by atoms with van der Waals surface area (Å²) in [6.07, 6.45) is 0.487. The molecule has 1 amide bonds. The molecule has 0 aromatic heterocycles. The van der Waals surface area contributed by atoms with Crippen molar-refractivity contribution < 1.29 is 17.9 Å². The van der Waals surface area contributed by atoms with E-state index in [1.165, 1.54) is 0 Å². The summed E-state index contributed by atoms with van der Waals surface area (Å²) in [6, 6.07) is 7.29. The van der Waals surface area contributed by atoms with Gasteiger partial charge in [-0.1, -0.05) is 18.2 Å². The van der Waals surface area contributed by atoms with Crippen molar-refractivity contribution in [2.24, 2.45) is 0 Å². The Morgan fingerprint density at radius 3 is 2.76 bits per heavy atom. The lowest BCUT2D eigenvalue weighted by Crippen LogP contribution is -2.34. The molecular weight excluding hydrogens is 290 g/mol. The van der Waals surface area contributed by atoms with Gasteiger partial charge in [0.1, 0.15) is 0 Å². The zero-order valence-electron chi connectivity index (χ0n) is 12.4. The van der Waals surface area contributed by atoms with Gasteiger partial charge in [-0.05, 0) is 25.0 Å². The molecule has 0 aliphatic carbocycles. The lowest BCUT2D eigenvalue weighted by molar-refractivity contribution is 0.0762. The molecular formula is C15H21NO4S. The lowest BCUT2D eigenvalue weighted by atomic mass is 10.1. The SMILES string of the molecule is COCc1ccccc1C(=O)N1CC[C@@H](C)S(=O)(=O)CC1. The molecule has 1 heterocycles. The first-order valence-corrected chi connectivity index (χ1v) is 8.75. The first kappa shape index (κ1) is 16.0. The van der Waals surface area contributed by atoms with Crippen LogP contribution in [0.25, 0.3) is 0 Å². The molecule has 21 heavy (non-hydrogen) atoms. The van der Waals surface area contributed by atoms with Crippen LogP contribution in [0, 0.1) is 0 Å². The predicted octanol–water partition coefficient (Wildman–Crippen LogP) is 1.48. The van der Waals surface area contributed by atoms with Crippen molar-refractivity contribution in [3.8, 4) is 0 Å². The van der Waals surface area contributed by atoms with Gasteiger partial charge in [0.05, 0.1) is 17.6 Å². The van der Waals surface area contributed by atoms with E-state index < -0.39 is 9.84 Å². The molecule has 0 spiro atoms. The van der Waals surface area contributed by atoms with Crippen molar-refractivity contribution in [2.45, 2.75) is 25.2 Å². The minimum Gasteiger partial charge on any atom is -0.380 e. The monoisotopic (exact) mass is 311 g/mol. The van der Waals surface area contributed by atoms with E-state index in [0.29, 0.717) is 25.1 Å². The summed E-state index contributed by atoms with van der Waals surface area (Å²) in [7, 11) is -1.50. The van der Waals surface area contributed by atoms with E-state index in [9.17, 15) is 13.2 Å². The second kappa shape index (κ2) is 6.58. The summed E-state index contributed by atoms with van der Waals surface area (Å²) < 4.78 is 28.9. The standard InChI is InChI=1S/C15H21NO4S/c1-12-7-8-16(9-10-21(12,18)19)15(17)14-6-4-3-5-13(14)11-20-2/h3-6,12H,7-11H2,1-2H3/t12-/m1/s1. The molecule has 6 heteroatoms. The Kier molecular flexibility index (Phi) is 5.00. The van der Waals surface area contributed by atoms with Crippen LogP contribution in [0.4, 0.5) is 0 Å². The predicted molar refractivity (Wildman–Crippen MR) is 80.9 cm³/mol. The molecule has 0 saturated carbocycles. The normalized spacial score (nSPS) is 21.8. The van der Waals surface area contributed by atoms with Crippen molar-refractivity contribution in [1.82, 2.24) is 4.90 Å². The zero-order chi connectivity index (χ0) is 15.5. The number of hydrogen-bond acceptors (Lipinski definition) is 4. The van der Waals surface area contributed by atoms with Crippen LogP contribution in [-0.2, 0) is 21.2 Å². The second-order valence-corrected chi connectivity index (χ2v) is 7.89. The van der Waals surface area contributed by atoms with Crippen LogP contribution in [0.2, 0.25) is 0 Å². The molecule has 2 rings (SSSR count). The van der Waals surface area contributed by atoms with E-state index in [4.69, 9.17) is 4.74 Å². The number of nitrogens with zero attached hydrogens (tertiary/aromatic N) is 1. The lowest BCUT2D eigenvalue weighted by Gasteiger charge is -2.21.